The summed E-state index contributed by atoms with van der Waals surface area (Å²) in [6.07, 6.45) is 2.88. The lowest BCUT2D eigenvalue weighted by atomic mass is 9.91. The van der Waals surface area contributed by atoms with Crippen LogP contribution in [0, 0.1) is 11.8 Å². The Hall–Kier alpha value is -0.910. The number of carbonyl (C=O) groups excluding carboxylic acids is 1. The summed E-state index contributed by atoms with van der Waals surface area (Å²) in [4.78, 5) is 14.8. The summed E-state index contributed by atoms with van der Waals surface area (Å²) >= 11 is 1.68. The molecule has 0 aromatic carbocycles. The molecule has 0 bridgehead atoms. The molecule has 1 N–H and O–H groups in total. The highest BCUT2D eigenvalue weighted by Gasteiger charge is 2.39. The summed E-state index contributed by atoms with van der Waals surface area (Å²) in [6, 6.07) is 2.12. The number of nitrogens with zero attached hydrogens (tertiary/aromatic N) is 1. The van der Waals surface area contributed by atoms with Crippen molar-refractivity contribution in [2.45, 2.75) is 38.2 Å². The molecule has 0 spiro atoms. The van der Waals surface area contributed by atoms with Crippen molar-refractivity contribution in [3.05, 3.63) is 22.4 Å². The van der Waals surface area contributed by atoms with Crippen LogP contribution in [0.2, 0.25) is 0 Å². The molecule has 1 aromatic rings. The molecule has 3 heterocycles. The van der Waals surface area contributed by atoms with Crippen molar-refractivity contribution in [3.63, 3.8) is 0 Å². The van der Waals surface area contributed by atoms with Crippen LogP contribution in [0.25, 0.3) is 0 Å². The summed E-state index contributed by atoms with van der Waals surface area (Å²) in [7, 11) is 0. The van der Waals surface area contributed by atoms with Crippen LogP contribution >= 0.6 is 11.3 Å². The minimum Gasteiger partial charge on any atom is -0.396 e. The standard InChI is InChI=1S/C17H25NO3S/c1-2-15-7-12(3-5-21-15)17(20)18-8-14(10-19)16(9-18)13-4-6-22-11-13/h4,6,11-12,14-16,19H,2-3,5,7-10H2,1H3/t12-,14-,15+,16-/m0/s1. The Labute approximate surface area is 136 Å². The van der Waals surface area contributed by atoms with E-state index in [1.807, 2.05) is 4.90 Å². The van der Waals surface area contributed by atoms with Gasteiger partial charge in [-0.05, 0) is 41.7 Å². The Kier molecular flexibility index (Phi) is 5.16. The third-order valence-corrected chi connectivity index (χ3v) is 5.83. The van der Waals surface area contributed by atoms with Gasteiger partial charge in [0.25, 0.3) is 0 Å². The molecule has 2 aliphatic heterocycles. The van der Waals surface area contributed by atoms with Gasteiger partial charge in [-0.2, -0.15) is 11.3 Å². The first-order valence-corrected chi connectivity index (χ1v) is 9.20. The van der Waals surface area contributed by atoms with E-state index in [1.54, 1.807) is 11.3 Å². The molecule has 122 valence electrons. The summed E-state index contributed by atoms with van der Waals surface area (Å²) in [6.45, 7) is 4.39. The van der Waals surface area contributed by atoms with E-state index in [2.05, 4.69) is 23.8 Å². The third-order valence-electron chi connectivity index (χ3n) is 5.13. The van der Waals surface area contributed by atoms with E-state index in [4.69, 9.17) is 4.74 Å². The minimum atomic E-state index is 0.0965. The summed E-state index contributed by atoms with van der Waals surface area (Å²) in [5.41, 5.74) is 1.26. The Balaban J connectivity index is 1.66. The van der Waals surface area contributed by atoms with Crippen LogP contribution in [0.5, 0.6) is 0 Å². The zero-order valence-corrected chi connectivity index (χ0v) is 13.9. The van der Waals surface area contributed by atoms with Gasteiger partial charge in [0.15, 0.2) is 0 Å². The Morgan fingerprint density at radius 2 is 2.36 bits per heavy atom. The molecule has 1 aromatic heterocycles. The first kappa shape index (κ1) is 16.0. The van der Waals surface area contributed by atoms with Gasteiger partial charge in [-0.15, -0.1) is 0 Å². The molecule has 0 unspecified atom stereocenters. The van der Waals surface area contributed by atoms with Gasteiger partial charge in [0.1, 0.15) is 0 Å². The molecule has 2 fully saturated rings. The molecule has 2 aliphatic rings. The lowest BCUT2D eigenvalue weighted by Gasteiger charge is -2.31. The van der Waals surface area contributed by atoms with Crippen molar-refractivity contribution in [2.75, 3.05) is 26.3 Å². The second-order valence-electron chi connectivity index (χ2n) is 6.47. The average molecular weight is 323 g/mol. The van der Waals surface area contributed by atoms with E-state index in [1.165, 1.54) is 5.56 Å². The lowest BCUT2D eigenvalue weighted by molar-refractivity contribution is -0.139. The van der Waals surface area contributed by atoms with Crippen molar-refractivity contribution in [1.82, 2.24) is 4.90 Å². The van der Waals surface area contributed by atoms with E-state index < -0.39 is 0 Å². The van der Waals surface area contributed by atoms with Gasteiger partial charge in [0, 0.05) is 44.1 Å². The van der Waals surface area contributed by atoms with Gasteiger partial charge in [-0.3, -0.25) is 4.79 Å². The quantitative estimate of drug-likeness (QED) is 0.926. The predicted molar refractivity (Wildman–Crippen MR) is 87.0 cm³/mol. The number of ether oxygens (including phenoxy) is 1. The van der Waals surface area contributed by atoms with E-state index in [-0.39, 0.29) is 36.4 Å². The number of carbonyl (C=O) groups is 1. The zero-order chi connectivity index (χ0) is 15.5. The van der Waals surface area contributed by atoms with Crippen LogP contribution in [0.4, 0.5) is 0 Å². The number of rotatable bonds is 4. The van der Waals surface area contributed by atoms with Gasteiger partial charge >= 0.3 is 0 Å². The summed E-state index contributed by atoms with van der Waals surface area (Å²) < 4.78 is 5.68. The van der Waals surface area contributed by atoms with Gasteiger partial charge in [0.2, 0.25) is 5.91 Å². The maximum Gasteiger partial charge on any atom is 0.225 e. The Morgan fingerprint density at radius 1 is 1.50 bits per heavy atom. The smallest absolute Gasteiger partial charge is 0.225 e. The van der Waals surface area contributed by atoms with Crippen LogP contribution in [0.3, 0.4) is 0 Å². The molecule has 5 heteroatoms. The molecule has 0 radical (unpaired) electrons. The highest BCUT2D eigenvalue weighted by Crippen LogP contribution is 2.35. The maximum absolute atomic E-state index is 12.8. The molecule has 4 nitrogen and oxygen atoms in total. The van der Waals surface area contributed by atoms with Crippen molar-refractivity contribution in [3.8, 4) is 0 Å². The first-order chi connectivity index (χ1) is 10.7. The molecule has 2 saturated heterocycles. The predicted octanol–water partition coefficient (Wildman–Crippen LogP) is 2.49. The van der Waals surface area contributed by atoms with Crippen molar-refractivity contribution >= 4 is 17.2 Å². The number of hydrogen-bond donors (Lipinski definition) is 1. The lowest BCUT2D eigenvalue weighted by Crippen LogP contribution is -2.39. The Morgan fingerprint density at radius 3 is 3.05 bits per heavy atom. The molecule has 22 heavy (non-hydrogen) atoms. The largest absolute Gasteiger partial charge is 0.396 e. The number of aliphatic hydroxyl groups is 1. The fraction of sp³-hybridized carbons (Fsp3) is 0.706. The van der Waals surface area contributed by atoms with Gasteiger partial charge in [0.05, 0.1) is 6.10 Å². The van der Waals surface area contributed by atoms with Crippen molar-refractivity contribution in [1.29, 1.82) is 0 Å². The maximum atomic E-state index is 12.8. The highest BCUT2D eigenvalue weighted by molar-refractivity contribution is 7.08. The van der Waals surface area contributed by atoms with Crippen LogP contribution in [-0.4, -0.2) is 48.3 Å². The van der Waals surface area contributed by atoms with Gasteiger partial charge in [-0.1, -0.05) is 6.92 Å². The number of aliphatic hydroxyl groups excluding tert-OH is 1. The van der Waals surface area contributed by atoms with Crippen molar-refractivity contribution in [2.24, 2.45) is 11.8 Å². The highest BCUT2D eigenvalue weighted by atomic mass is 32.1. The molecular weight excluding hydrogens is 298 g/mol. The van der Waals surface area contributed by atoms with Gasteiger partial charge in [-0.25, -0.2) is 0 Å². The fourth-order valence-electron chi connectivity index (χ4n) is 3.75. The number of hydrogen-bond acceptors (Lipinski definition) is 4. The second kappa shape index (κ2) is 7.11. The van der Waals surface area contributed by atoms with Crippen LogP contribution in [0.15, 0.2) is 16.8 Å². The molecule has 4 atom stereocenters. The SMILES string of the molecule is CC[C@@H]1C[C@@H](C(=O)N2C[C@@H](CO)[C@H](c3ccsc3)C2)CCO1. The molecule has 1 amide bonds. The number of amides is 1. The zero-order valence-electron chi connectivity index (χ0n) is 13.1. The molecule has 0 saturated carbocycles. The van der Waals surface area contributed by atoms with Crippen molar-refractivity contribution < 1.29 is 14.6 Å². The monoisotopic (exact) mass is 323 g/mol. The fourth-order valence-corrected chi connectivity index (χ4v) is 4.47. The van der Waals surface area contributed by atoms with Crippen LogP contribution in [-0.2, 0) is 9.53 Å². The molecular formula is C17H25NO3S. The Bertz CT molecular complexity index is 490. The third kappa shape index (κ3) is 3.21. The minimum absolute atomic E-state index is 0.0965. The number of thiophene rings is 1. The van der Waals surface area contributed by atoms with Gasteiger partial charge < -0.3 is 14.7 Å². The first-order valence-electron chi connectivity index (χ1n) is 8.26. The molecule has 3 rings (SSSR count). The molecule has 0 aliphatic carbocycles. The van der Waals surface area contributed by atoms with E-state index in [0.29, 0.717) is 13.2 Å². The average Bonchev–Trinajstić information content (AvgIpc) is 3.22. The summed E-state index contributed by atoms with van der Waals surface area (Å²) in [5.74, 6) is 0.805. The second-order valence-corrected chi connectivity index (χ2v) is 7.25. The van der Waals surface area contributed by atoms with E-state index in [0.717, 1.165) is 25.8 Å². The van der Waals surface area contributed by atoms with E-state index >= 15 is 0 Å². The van der Waals surface area contributed by atoms with Crippen LogP contribution < -0.4 is 0 Å². The summed E-state index contributed by atoms with van der Waals surface area (Å²) in [5, 5.41) is 13.9. The normalized spacial score (nSPS) is 32.4. The number of likely N-dealkylation sites (tertiary alicyclic amines) is 1. The van der Waals surface area contributed by atoms with E-state index in [9.17, 15) is 9.90 Å². The topological polar surface area (TPSA) is 49.8 Å². The van der Waals surface area contributed by atoms with Crippen LogP contribution in [0.1, 0.15) is 37.7 Å².